The molecule has 20 heavy (non-hydrogen) atoms. The number of thioether (sulfide) groups is 1. The average molecular weight is 287 g/mol. The molecule has 0 saturated heterocycles. The van der Waals surface area contributed by atoms with Gasteiger partial charge in [-0.05, 0) is 17.7 Å². The zero-order valence-electron chi connectivity index (χ0n) is 10.8. The van der Waals surface area contributed by atoms with Crippen LogP contribution < -0.4 is 10.5 Å². The minimum absolute atomic E-state index is 0.674. The van der Waals surface area contributed by atoms with Crippen molar-refractivity contribution in [1.29, 1.82) is 0 Å². The number of anilines is 1. The number of aromatic nitrogens is 4. The molecule has 3 N–H and O–H groups in total. The summed E-state index contributed by atoms with van der Waals surface area (Å²) in [6.07, 6.45) is 3.14. The normalized spacial score (nSPS) is 10.8. The fourth-order valence-corrected chi connectivity index (χ4v) is 2.78. The van der Waals surface area contributed by atoms with Crippen molar-refractivity contribution in [2.24, 2.45) is 0 Å². The van der Waals surface area contributed by atoms with E-state index in [0.717, 1.165) is 27.6 Å². The number of benzene rings is 1. The maximum Gasteiger partial charge on any atom is 0.181 e. The topological polar surface area (TPSA) is 89.7 Å². The summed E-state index contributed by atoms with van der Waals surface area (Å²) in [6, 6.07) is 5.70. The number of nitrogens with one attached hydrogen (secondary N) is 1. The Balaban J connectivity index is 1.82. The lowest BCUT2D eigenvalue weighted by Crippen LogP contribution is -1.92. The molecule has 0 unspecified atom stereocenters. The molecule has 102 valence electrons. The van der Waals surface area contributed by atoms with Gasteiger partial charge in [-0.3, -0.25) is 0 Å². The molecule has 0 aliphatic heterocycles. The third-order valence-electron chi connectivity index (χ3n) is 2.79. The quantitative estimate of drug-likeness (QED) is 0.434. The predicted molar refractivity (Wildman–Crippen MR) is 78.7 cm³/mol. The van der Waals surface area contributed by atoms with Crippen molar-refractivity contribution < 1.29 is 4.74 Å². The number of nitrogens with two attached hydrogens (primary N) is 1. The lowest BCUT2D eigenvalue weighted by Gasteiger charge is -2.06. The van der Waals surface area contributed by atoms with Gasteiger partial charge in [0.05, 0.1) is 13.4 Å². The van der Waals surface area contributed by atoms with Crippen molar-refractivity contribution in [2.45, 2.75) is 10.8 Å². The molecule has 0 amide bonds. The number of methoxy groups -OCH3 is 1. The van der Waals surface area contributed by atoms with Crippen LogP contribution in [0.1, 0.15) is 5.56 Å². The second-order valence-corrected chi connectivity index (χ2v) is 5.15. The fourth-order valence-electron chi connectivity index (χ4n) is 1.89. The highest BCUT2D eigenvalue weighted by atomic mass is 32.2. The van der Waals surface area contributed by atoms with E-state index in [-0.39, 0.29) is 0 Å². The summed E-state index contributed by atoms with van der Waals surface area (Å²) in [5, 5.41) is 0.869. The Morgan fingerprint density at radius 1 is 1.25 bits per heavy atom. The maximum absolute atomic E-state index is 5.85. The number of hydrogen-bond acceptors (Lipinski definition) is 6. The first-order valence-electron chi connectivity index (χ1n) is 5.96. The summed E-state index contributed by atoms with van der Waals surface area (Å²) >= 11 is 1.60. The lowest BCUT2D eigenvalue weighted by molar-refractivity contribution is 0.414. The number of aromatic amines is 1. The molecule has 3 aromatic rings. The van der Waals surface area contributed by atoms with Gasteiger partial charge >= 0.3 is 0 Å². The second kappa shape index (κ2) is 5.38. The monoisotopic (exact) mass is 287 g/mol. The Kier molecular flexibility index (Phi) is 3.42. The minimum Gasteiger partial charge on any atom is -0.497 e. The van der Waals surface area contributed by atoms with Crippen LogP contribution in [0.2, 0.25) is 0 Å². The molecule has 0 spiro atoms. The molecule has 2 heterocycles. The van der Waals surface area contributed by atoms with Gasteiger partial charge in [-0.25, -0.2) is 15.0 Å². The van der Waals surface area contributed by atoms with E-state index >= 15 is 0 Å². The molecule has 1 aromatic carbocycles. The Hall–Kier alpha value is -2.28. The van der Waals surface area contributed by atoms with E-state index in [4.69, 9.17) is 10.5 Å². The standard InChI is InChI=1S/C13H13N5OS/c1-19-10-3-8(2-9(14)4-10)5-20-13-11-12(16-6-15-11)17-7-18-13/h2-4,6-7H,5,14H2,1H3,(H,15,16,17,18). The van der Waals surface area contributed by atoms with Crippen molar-refractivity contribution in [3.63, 3.8) is 0 Å². The van der Waals surface area contributed by atoms with Crippen molar-refractivity contribution in [3.8, 4) is 5.75 Å². The second-order valence-electron chi connectivity index (χ2n) is 4.18. The van der Waals surface area contributed by atoms with Gasteiger partial charge in [0.15, 0.2) is 5.65 Å². The Bertz CT molecular complexity index is 742. The summed E-state index contributed by atoms with van der Waals surface area (Å²) in [5.74, 6) is 1.50. The minimum atomic E-state index is 0.674. The van der Waals surface area contributed by atoms with Crippen LogP contribution in [0.4, 0.5) is 5.69 Å². The number of imidazole rings is 1. The smallest absolute Gasteiger partial charge is 0.181 e. The van der Waals surface area contributed by atoms with Crippen molar-refractivity contribution >= 4 is 28.6 Å². The van der Waals surface area contributed by atoms with Gasteiger partial charge in [-0.1, -0.05) is 11.8 Å². The van der Waals surface area contributed by atoms with Gasteiger partial charge in [0.1, 0.15) is 22.6 Å². The van der Waals surface area contributed by atoms with Crippen LogP contribution in [0.15, 0.2) is 35.9 Å². The van der Waals surface area contributed by atoms with E-state index in [1.165, 1.54) is 6.33 Å². The molecule has 0 bridgehead atoms. The Labute approximate surface area is 119 Å². The van der Waals surface area contributed by atoms with Gasteiger partial charge in [-0.15, -0.1) is 0 Å². The summed E-state index contributed by atoms with van der Waals surface area (Å²) in [4.78, 5) is 15.5. The molecule has 3 rings (SSSR count). The first kappa shape index (κ1) is 12.7. The molecular weight excluding hydrogens is 274 g/mol. The third kappa shape index (κ3) is 2.53. The van der Waals surface area contributed by atoms with E-state index < -0.39 is 0 Å². The van der Waals surface area contributed by atoms with Crippen LogP contribution in [-0.2, 0) is 5.75 Å². The number of H-pyrrole nitrogens is 1. The first-order chi connectivity index (χ1) is 9.76. The lowest BCUT2D eigenvalue weighted by atomic mass is 10.2. The molecule has 0 aliphatic rings. The third-order valence-corrected chi connectivity index (χ3v) is 3.85. The molecule has 0 aliphatic carbocycles. The SMILES string of the molecule is COc1cc(N)cc(CSc2ncnc3nc[nH]c23)c1. The number of ether oxygens (including phenoxy) is 1. The van der Waals surface area contributed by atoms with Crippen LogP contribution in [0.3, 0.4) is 0 Å². The maximum atomic E-state index is 5.85. The van der Waals surface area contributed by atoms with Crippen LogP contribution in [0, 0.1) is 0 Å². The van der Waals surface area contributed by atoms with E-state index in [2.05, 4.69) is 19.9 Å². The zero-order valence-corrected chi connectivity index (χ0v) is 11.6. The predicted octanol–water partition coefficient (Wildman–Crippen LogP) is 2.24. The highest BCUT2D eigenvalue weighted by molar-refractivity contribution is 7.98. The van der Waals surface area contributed by atoms with Gasteiger partial charge in [0, 0.05) is 17.5 Å². The van der Waals surface area contributed by atoms with E-state index in [9.17, 15) is 0 Å². The van der Waals surface area contributed by atoms with E-state index in [1.54, 1.807) is 31.3 Å². The summed E-state index contributed by atoms with van der Waals surface area (Å²) in [7, 11) is 1.63. The van der Waals surface area contributed by atoms with Gasteiger partial charge in [0.25, 0.3) is 0 Å². The highest BCUT2D eigenvalue weighted by Gasteiger charge is 2.07. The zero-order chi connectivity index (χ0) is 13.9. The van der Waals surface area contributed by atoms with Crippen molar-refractivity contribution in [1.82, 2.24) is 19.9 Å². The Morgan fingerprint density at radius 3 is 3.00 bits per heavy atom. The average Bonchev–Trinajstić information content (AvgIpc) is 2.93. The number of nitrogens with zero attached hydrogens (tertiary/aromatic N) is 3. The molecule has 0 atom stereocenters. The van der Waals surface area contributed by atoms with Crippen molar-refractivity contribution in [3.05, 3.63) is 36.4 Å². The van der Waals surface area contributed by atoms with Gasteiger partial charge in [0.2, 0.25) is 0 Å². The van der Waals surface area contributed by atoms with E-state index in [0.29, 0.717) is 11.3 Å². The van der Waals surface area contributed by atoms with Gasteiger partial charge in [-0.2, -0.15) is 0 Å². The largest absolute Gasteiger partial charge is 0.497 e. The van der Waals surface area contributed by atoms with Crippen LogP contribution in [-0.4, -0.2) is 27.0 Å². The molecule has 0 saturated carbocycles. The summed E-state index contributed by atoms with van der Waals surface area (Å²) < 4.78 is 5.21. The number of nitrogen functional groups attached to an aromatic ring is 1. The molecule has 6 nitrogen and oxygen atoms in total. The molecule has 7 heteroatoms. The van der Waals surface area contributed by atoms with Crippen molar-refractivity contribution in [2.75, 3.05) is 12.8 Å². The summed E-state index contributed by atoms with van der Waals surface area (Å²) in [5.41, 5.74) is 9.15. The number of hydrogen-bond donors (Lipinski definition) is 2. The number of rotatable bonds is 4. The number of fused-ring (bicyclic) bond motifs is 1. The van der Waals surface area contributed by atoms with Crippen LogP contribution >= 0.6 is 11.8 Å². The van der Waals surface area contributed by atoms with Crippen LogP contribution in [0.5, 0.6) is 5.75 Å². The fraction of sp³-hybridized carbons (Fsp3) is 0.154. The molecule has 0 fully saturated rings. The molecular formula is C13H13N5OS. The molecule has 0 radical (unpaired) electrons. The first-order valence-corrected chi connectivity index (χ1v) is 6.95. The molecule has 2 aromatic heterocycles. The van der Waals surface area contributed by atoms with Crippen LogP contribution in [0.25, 0.3) is 11.2 Å². The highest BCUT2D eigenvalue weighted by Crippen LogP contribution is 2.28. The summed E-state index contributed by atoms with van der Waals surface area (Å²) in [6.45, 7) is 0. The van der Waals surface area contributed by atoms with Gasteiger partial charge < -0.3 is 15.5 Å². The van der Waals surface area contributed by atoms with E-state index in [1.807, 2.05) is 12.1 Å². The Morgan fingerprint density at radius 2 is 2.15 bits per heavy atom.